The summed E-state index contributed by atoms with van der Waals surface area (Å²) in [7, 11) is 0. The van der Waals surface area contributed by atoms with E-state index in [1.54, 1.807) is 12.1 Å². The minimum Gasteiger partial charge on any atom is -0.478 e. The number of hydrogen-bond donors (Lipinski definition) is 1. The Morgan fingerprint density at radius 2 is 2.12 bits per heavy atom. The van der Waals surface area contributed by atoms with Gasteiger partial charge in [-0.25, -0.2) is 4.79 Å². The minimum atomic E-state index is -0.851. The van der Waals surface area contributed by atoms with Gasteiger partial charge in [-0.15, -0.1) is 0 Å². The molecule has 2 nitrogen and oxygen atoms in total. The van der Waals surface area contributed by atoms with Gasteiger partial charge >= 0.3 is 5.97 Å². The molecule has 0 saturated carbocycles. The molecule has 3 heteroatoms. The predicted molar refractivity (Wildman–Crippen MR) is 67.2 cm³/mol. The van der Waals surface area contributed by atoms with E-state index in [4.69, 9.17) is 5.11 Å². The Labute approximate surface area is 100 Å². The van der Waals surface area contributed by atoms with Crippen LogP contribution in [0.2, 0.25) is 0 Å². The van der Waals surface area contributed by atoms with Crippen molar-refractivity contribution in [3.05, 3.63) is 35.4 Å². The maximum atomic E-state index is 10.7. The lowest BCUT2D eigenvalue weighted by Crippen LogP contribution is -2.09. The van der Waals surface area contributed by atoms with Gasteiger partial charge in [-0.2, -0.15) is 11.8 Å². The van der Waals surface area contributed by atoms with Crippen molar-refractivity contribution in [2.24, 2.45) is 5.92 Å². The number of benzene rings is 1. The average molecular weight is 236 g/mol. The normalized spacial score (nSPS) is 21.9. The van der Waals surface area contributed by atoms with Gasteiger partial charge < -0.3 is 5.11 Å². The van der Waals surface area contributed by atoms with Crippen molar-refractivity contribution in [3.63, 3.8) is 0 Å². The molecule has 86 valence electrons. The molecule has 0 aliphatic carbocycles. The average Bonchev–Trinajstić information content (AvgIpc) is 2.81. The van der Waals surface area contributed by atoms with E-state index in [-0.39, 0.29) is 0 Å². The fourth-order valence-electron chi connectivity index (χ4n) is 2.15. The monoisotopic (exact) mass is 236 g/mol. The molecule has 1 heterocycles. The molecule has 1 aliphatic heterocycles. The molecule has 1 N–H and O–H groups in total. The molecule has 1 saturated heterocycles. The van der Waals surface area contributed by atoms with Gasteiger partial charge in [-0.1, -0.05) is 19.1 Å². The third kappa shape index (κ3) is 2.40. The molecule has 2 rings (SSSR count). The molecular weight excluding hydrogens is 220 g/mol. The zero-order valence-electron chi connectivity index (χ0n) is 9.35. The molecular formula is C13H16O2S. The molecule has 0 aromatic heterocycles. The minimum absolute atomic E-state index is 0.372. The van der Waals surface area contributed by atoms with E-state index in [1.165, 1.54) is 23.5 Å². The summed E-state index contributed by atoms with van der Waals surface area (Å²) in [5.41, 5.74) is 1.63. The number of carbonyl (C=O) groups is 1. The zero-order valence-corrected chi connectivity index (χ0v) is 10.2. The van der Waals surface area contributed by atoms with Crippen LogP contribution in [0.3, 0.4) is 0 Å². The Bertz CT molecular complexity index is 366. The number of thioether (sulfide) groups is 1. The second-order valence-corrected chi connectivity index (χ2v) is 5.49. The Balaban J connectivity index is 2.11. The first-order chi connectivity index (χ1) is 7.68. The van der Waals surface area contributed by atoms with Crippen LogP contribution in [0.25, 0.3) is 0 Å². The second-order valence-electron chi connectivity index (χ2n) is 4.34. The van der Waals surface area contributed by atoms with Crippen LogP contribution in [0.1, 0.15) is 35.2 Å². The molecule has 1 aliphatic rings. The van der Waals surface area contributed by atoms with Gasteiger partial charge in [0.05, 0.1) is 5.56 Å². The number of carboxylic acid groups (broad SMARTS) is 1. The molecule has 16 heavy (non-hydrogen) atoms. The summed E-state index contributed by atoms with van der Waals surface area (Å²) in [5.74, 6) is 2.94. The van der Waals surface area contributed by atoms with E-state index in [1.807, 2.05) is 23.9 Å². The summed E-state index contributed by atoms with van der Waals surface area (Å²) < 4.78 is 0. The van der Waals surface area contributed by atoms with E-state index < -0.39 is 5.97 Å². The largest absolute Gasteiger partial charge is 0.478 e. The van der Waals surface area contributed by atoms with Gasteiger partial charge in [-0.3, -0.25) is 0 Å². The maximum absolute atomic E-state index is 10.7. The fraction of sp³-hybridized carbons (Fsp3) is 0.462. The van der Waals surface area contributed by atoms with E-state index in [0.717, 1.165) is 5.92 Å². The third-order valence-corrected chi connectivity index (χ3v) is 4.54. The first-order valence-electron chi connectivity index (χ1n) is 5.59. The van der Waals surface area contributed by atoms with Crippen molar-refractivity contribution in [1.29, 1.82) is 0 Å². The van der Waals surface area contributed by atoms with Gasteiger partial charge in [0.15, 0.2) is 0 Å². The quantitative estimate of drug-likeness (QED) is 0.875. The van der Waals surface area contributed by atoms with Crippen LogP contribution < -0.4 is 0 Å². The lowest BCUT2D eigenvalue weighted by molar-refractivity contribution is 0.0697. The Hall–Kier alpha value is -0.960. The van der Waals surface area contributed by atoms with Crippen LogP contribution in [-0.2, 0) is 0 Å². The van der Waals surface area contributed by atoms with Gasteiger partial charge in [0.1, 0.15) is 0 Å². The van der Waals surface area contributed by atoms with Gasteiger partial charge in [-0.05, 0) is 47.5 Å². The first-order valence-corrected chi connectivity index (χ1v) is 6.75. The summed E-state index contributed by atoms with van der Waals surface area (Å²) in [6, 6.07) is 7.32. The van der Waals surface area contributed by atoms with Crippen LogP contribution >= 0.6 is 11.8 Å². The highest BCUT2D eigenvalue weighted by atomic mass is 32.2. The fourth-order valence-corrected chi connectivity index (χ4v) is 3.54. The Morgan fingerprint density at radius 3 is 2.62 bits per heavy atom. The highest BCUT2D eigenvalue weighted by Crippen LogP contribution is 2.35. The molecule has 0 bridgehead atoms. The summed E-state index contributed by atoms with van der Waals surface area (Å²) in [6.45, 7) is 2.24. The van der Waals surface area contributed by atoms with Crippen LogP contribution in [0, 0.1) is 5.92 Å². The van der Waals surface area contributed by atoms with Gasteiger partial charge in [0, 0.05) is 0 Å². The third-order valence-electron chi connectivity index (χ3n) is 3.36. The molecule has 0 spiro atoms. The number of hydrogen-bond acceptors (Lipinski definition) is 2. The molecule has 1 aromatic rings. The van der Waals surface area contributed by atoms with E-state index in [0.29, 0.717) is 11.5 Å². The summed E-state index contributed by atoms with van der Waals surface area (Å²) >= 11 is 2.02. The first kappa shape index (κ1) is 11.5. The zero-order chi connectivity index (χ0) is 11.5. The lowest BCUT2D eigenvalue weighted by atomic mass is 9.87. The molecule has 1 aromatic carbocycles. The second kappa shape index (κ2) is 4.91. The van der Waals surface area contributed by atoms with Crippen LogP contribution in [-0.4, -0.2) is 22.6 Å². The number of carboxylic acids is 1. The van der Waals surface area contributed by atoms with Crippen molar-refractivity contribution in [1.82, 2.24) is 0 Å². The van der Waals surface area contributed by atoms with Crippen molar-refractivity contribution in [2.45, 2.75) is 19.3 Å². The predicted octanol–water partition coefficient (Wildman–Crippen LogP) is 3.24. The molecule has 1 fully saturated rings. The lowest BCUT2D eigenvalue weighted by Gasteiger charge is -2.18. The molecule has 2 atom stereocenters. The number of rotatable bonds is 3. The van der Waals surface area contributed by atoms with Crippen molar-refractivity contribution in [3.8, 4) is 0 Å². The van der Waals surface area contributed by atoms with Crippen LogP contribution in [0.4, 0.5) is 0 Å². The topological polar surface area (TPSA) is 37.3 Å². The van der Waals surface area contributed by atoms with Crippen molar-refractivity contribution in [2.75, 3.05) is 11.5 Å². The van der Waals surface area contributed by atoms with Crippen LogP contribution in [0.15, 0.2) is 24.3 Å². The summed E-state index contributed by atoms with van der Waals surface area (Å²) in [6.07, 6.45) is 1.28. The SMILES string of the molecule is CC(c1ccc(C(=O)O)cc1)C1CCSC1. The maximum Gasteiger partial charge on any atom is 0.335 e. The highest BCUT2D eigenvalue weighted by molar-refractivity contribution is 7.99. The Morgan fingerprint density at radius 1 is 1.44 bits per heavy atom. The van der Waals surface area contributed by atoms with E-state index in [9.17, 15) is 4.79 Å². The smallest absolute Gasteiger partial charge is 0.335 e. The summed E-state index contributed by atoms with van der Waals surface area (Å²) in [4.78, 5) is 10.7. The molecule has 0 amide bonds. The molecule has 2 unspecified atom stereocenters. The van der Waals surface area contributed by atoms with Crippen LogP contribution in [0.5, 0.6) is 0 Å². The van der Waals surface area contributed by atoms with Gasteiger partial charge in [0.25, 0.3) is 0 Å². The van der Waals surface area contributed by atoms with Crippen molar-refractivity contribution < 1.29 is 9.90 Å². The van der Waals surface area contributed by atoms with Crippen molar-refractivity contribution >= 4 is 17.7 Å². The molecule has 0 radical (unpaired) electrons. The van der Waals surface area contributed by atoms with Gasteiger partial charge in [0.2, 0.25) is 0 Å². The standard InChI is InChI=1S/C13H16O2S/c1-9(12-6-7-16-8-12)10-2-4-11(5-3-10)13(14)15/h2-5,9,12H,6-8H2,1H3,(H,14,15). The Kier molecular flexibility index (Phi) is 3.54. The number of aromatic carboxylic acids is 1. The highest BCUT2D eigenvalue weighted by Gasteiger charge is 2.23. The summed E-state index contributed by atoms with van der Waals surface area (Å²) in [5, 5.41) is 8.82. The van der Waals surface area contributed by atoms with E-state index >= 15 is 0 Å². The van der Waals surface area contributed by atoms with E-state index in [2.05, 4.69) is 6.92 Å².